The largest absolute Gasteiger partial charge is 0.376 e. The molecule has 2 saturated heterocycles. The minimum Gasteiger partial charge on any atom is -0.376 e. The number of aromatic nitrogens is 1. The van der Waals surface area contributed by atoms with Crippen LogP contribution in [-0.2, 0) is 26.1 Å². The minimum atomic E-state index is -3.55. The van der Waals surface area contributed by atoms with Gasteiger partial charge < -0.3 is 9.64 Å². The highest BCUT2D eigenvalue weighted by atomic mass is 32.2. The molecule has 0 aliphatic carbocycles. The maximum absolute atomic E-state index is 13.5. The lowest BCUT2D eigenvalue weighted by atomic mass is 9.97. The maximum atomic E-state index is 13.5. The van der Waals surface area contributed by atoms with E-state index in [0.717, 1.165) is 25.0 Å². The summed E-state index contributed by atoms with van der Waals surface area (Å²) in [6, 6.07) is 7.18. The molecule has 162 valence electrons. The third kappa shape index (κ3) is 4.91. The molecular weight excluding hydrogens is 422 g/mol. The molecule has 0 aromatic carbocycles. The van der Waals surface area contributed by atoms with E-state index in [0.29, 0.717) is 36.7 Å². The van der Waals surface area contributed by atoms with E-state index in [-0.39, 0.29) is 24.5 Å². The van der Waals surface area contributed by atoms with Gasteiger partial charge in [-0.3, -0.25) is 9.78 Å². The van der Waals surface area contributed by atoms with Gasteiger partial charge in [-0.15, -0.1) is 11.3 Å². The van der Waals surface area contributed by atoms with Gasteiger partial charge in [-0.05, 0) is 48.8 Å². The molecule has 30 heavy (non-hydrogen) atoms. The zero-order chi connectivity index (χ0) is 21.0. The number of carbonyl (C=O) groups excluding carboxylic acids is 1. The first-order chi connectivity index (χ1) is 14.5. The summed E-state index contributed by atoms with van der Waals surface area (Å²) >= 11 is 1.21. The third-order valence-electron chi connectivity index (χ3n) is 5.68. The second-order valence-corrected chi connectivity index (χ2v) is 11.0. The number of carbonyl (C=O) groups is 1. The van der Waals surface area contributed by atoms with E-state index < -0.39 is 10.0 Å². The van der Waals surface area contributed by atoms with Gasteiger partial charge in [-0.2, -0.15) is 4.31 Å². The second kappa shape index (κ2) is 9.55. The smallest absolute Gasteiger partial charge is 0.252 e. The highest BCUT2D eigenvalue weighted by molar-refractivity contribution is 7.91. The SMILES string of the molecule is O=C(C1CCCN(S(=O)(=O)c2cccs2)C1)N(Cc1cccnc1)CC1CCCO1. The molecule has 4 heterocycles. The van der Waals surface area contributed by atoms with E-state index in [1.165, 1.54) is 15.6 Å². The Labute approximate surface area is 181 Å². The number of hydrogen-bond acceptors (Lipinski definition) is 6. The van der Waals surface area contributed by atoms with Gasteiger partial charge in [-0.25, -0.2) is 8.42 Å². The average molecular weight is 450 g/mol. The van der Waals surface area contributed by atoms with Crippen molar-refractivity contribution in [3.63, 3.8) is 0 Å². The summed E-state index contributed by atoms with van der Waals surface area (Å²) in [5.74, 6) is -0.341. The molecule has 0 radical (unpaired) electrons. The molecule has 1 amide bonds. The quantitative estimate of drug-likeness (QED) is 0.649. The lowest BCUT2D eigenvalue weighted by molar-refractivity contribution is -0.139. The first-order valence-corrected chi connectivity index (χ1v) is 12.7. The van der Waals surface area contributed by atoms with Crippen LogP contribution in [0.3, 0.4) is 0 Å². The monoisotopic (exact) mass is 449 g/mol. The summed E-state index contributed by atoms with van der Waals surface area (Å²) in [5, 5.41) is 1.76. The molecule has 2 aliphatic rings. The summed E-state index contributed by atoms with van der Waals surface area (Å²) < 4.78 is 33.5. The number of pyridine rings is 1. The molecule has 2 aromatic rings. The van der Waals surface area contributed by atoms with E-state index in [1.54, 1.807) is 29.9 Å². The second-order valence-electron chi connectivity index (χ2n) is 7.85. The zero-order valence-electron chi connectivity index (χ0n) is 16.9. The molecule has 2 fully saturated rings. The van der Waals surface area contributed by atoms with Gasteiger partial charge in [0.25, 0.3) is 10.0 Å². The van der Waals surface area contributed by atoms with Crippen LogP contribution in [0.4, 0.5) is 0 Å². The third-order valence-corrected chi connectivity index (χ3v) is 8.92. The molecule has 0 spiro atoms. The van der Waals surface area contributed by atoms with Crippen molar-refractivity contribution in [1.82, 2.24) is 14.2 Å². The van der Waals surface area contributed by atoms with E-state index in [2.05, 4.69) is 4.98 Å². The highest BCUT2D eigenvalue weighted by Crippen LogP contribution is 2.28. The lowest BCUT2D eigenvalue weighted by Crippen LogP contribution is -2.47. The summed E-state index contributed by atoms with van der Waals surface area (Å²) in [5.41, 5.74) is 0.961. The van der Waals surface area contributed by atoms with Crippen molar-refractivity contribution in [3.05, 3.63) is 47.6 Å². The molecule has 0 saturated carbocycles. The number of ether oxygens (including phenoxy) is 1. The normalized spacial score (nSPS) is 22.8. The Kier molecular flexibility index (Phi) is 6.82. The van der Waals surface area contributed by atoms with Crippen molar-refractivity contribution in [3.8, 4) is 0 Å². The molecule has 7 nitrogen and oxygen atoms in total. The zero-order valence-corrected chi connectivity index (χ0v) is 18.5. The van der Waals surface area contributed by atoms with Gasteiger partial charge in [-0.1, -0.05) is 12.1 Å². The highest BCUT2D eigenvalue weighted by Gasteiger charge is 2.36. The van der Waals surface area contributed by atoms with Crippen molar-refractivity contribution in [2.45, 2.75) is 42.5 Å². The topological polar surface area (TPSA) is 79.8 Å². The van der Waals surface area contributed by atoms with Gasteiger partial charge in [0.2, 0.25) is 5.91 Å². The predicted octanol–water partition coefficient (Wildman–Crippen LogP) is 2.75. The maximum Gasteiger partial charge on any atom is 0.252 e. The van der Waals surface area contributed by atoms with E-state index in [1.807, 2.05) is 17.0 Å². The van der Waals surface area contributed by atoms with Gasteiger partial charge in [0.1, 0.15) is 4.21 Å². The molecule has 0 N–H and O–H groups in total. The number of rotatable bonds is 7. The lowest BCUT2D eigenvalue weighted by Gasteiger charge is -2.35. The molecular formula is C21H27N3O4S2. The Balaban J connectivity index is 1.49. The fraction of sp³-hybridized carbons (Fsp3) is 0.524. The van der Waals surface area contributed by atoms with Crippen LogP contribution < -0.4 is 0 Å². The standard InChI is InChI=1S/C21H27N3O4S2/c25-21(18-6-2-10-24(15-18)30(26,27)20-8-4-12-29-20)23(16-19-7-3-11-28-19)14-17-5-1-9-22-13-17/h1,4-5,8-9,12-13,18-19H,2-3,6-7,10-11,14-16H2. The van der Waals surface area contributed by atoms with Crippen molar-refractivity contribution >= 4 is 27.3 Å². The number of sulfonamides is 1. The Bertz CT molecular complexity index is 928. The summed E-state index contributed by atoms with van der Waals surface area (Å²) in [4.78, 5) is 19.5. The number of amides is 1. The average Bonchev–Trinajstić information content (AvgIpc) is 3.48. The first kappa shape index (κ1) is 21.4. The van der Waals surface area contributed by atoms with E-state index >= 15 is 0 Å². The number of piperidine rings is 1. The van der Waals surface area contributed by atoms with Gasteiger partial charge >= 0.3 is 0 Å². The Morgan fingerprint density at radius 2 is 2.17 bits per heavy atom. The summed E-state index contributed by atoms with van der Waals surface area (Å²) in [6.07, 6.45) is 6.86. The molecule has 2 aliphatic heterocycles. The molecule has 2 aromatic heterocycles. The fourth-order valence-electron chi connectivity index (χ4n) is 4.14. The van der Waals surface area contributed by atoms with Gasteiger partial charge in [0, 0.05) is 45.2 Å². The number of nitrogens with zero attached hydrogens (tertiary/aromatic N) is 3. The van der Waals surface area contributed by atoms with Crippen LogP contribution in [0.2, 0.25) is 0 Å². The van der Waals surface area contributed by atoms with Crippen LogP contribution in [0.25, 0.3) is 0 Å². The summed E-state index contributed by atoms with van der Waals surface area (Å²) in [6.45, 7) is 2.41. The van der Waals surface area contributed by atoms with Crippen LogP contribution in [0, 0.1) is 5.92 Å². The molecule has 2 atom stereocenters. The van der Waals surface area contributed by atoms with Crippen LogP contribution in [0.1, 0.15) is 31.2 Å². The van der Waals surface area contributed by atoms with Crippen molar-refractivity contribution in [2.24, 2.45) is 5.92 Å². The van der Waals surface area contributed by atoms with Crippen molar-refractivity contribution in [2.75, 3.05) is 26.2 Å². The van der Waals surface area contributed by atoms with Gasteiger partial charge in [0.05, 0.1) is 12.0 Å². The van der Waals surface area contributed by atoms with Crippen LogP contribution in [0.5, 0.6) is 0 Å². The van der Waals surface area contributed by atoms with Crippen LogP contribution in [0.15, 0.2) is 46.2 Å². The van der Waals surface area contributed by atoms with Crippen molar-refractivity contribution < 1.29 is 17.9 Å². The molecule has 0 bridgehead atoms. The molecule has 4 rings (SSSR count). The first-order valence-electron chi connectivity index (χ1n) is 10.4. The number of hydrogen-bond donors (Lipinski definition) is 0. The minimum absolute atomic E-state index is 0.000401. The Morgan fingerprint density at radius 3 is 2.87 bits per heavy atom. The predicted molar refractivity (Wildman–Crippen MR) is 114 cm³/mol. The summed E-state index contributed by atoms with van der Waals surface area (Å²) in [7, 11) is -3.55. The Morgan fingerprint density at radius 1 is 1.27 bits per heavy atom. The van der Waals surface area contributed by atoms with E-state index in [9.17, 15) is 13.2 Å². The molecule has 9 heteroatoms. The molecule has 2 unspecified atom stereocenters. The van der Waals surface area contributed by atoms with Crippen LogP contribution in [-0.4, -0.2) is 60.9 Å². The van der Waals surface area contributed by atoms with Crippen molar-refractivity contribution in [1.29, 1.82) is 0 Å². The van der Waals surface area contributed by atoms with Crippen LogP contribution >= 0.6 is 11.3 Å². The number of thiophene rings is 1. The van der Waals surface area contributed by atoms with Gasteiger partial charge in [0.15, 0.2) is 0 Å². The Hall–Kier alpha value is -1.81. The fourth-order valence-corrected chi connectivity index (χ4v) is 6.80. The van der Waals surface area contributed by atoms with E-state index in [4.69, 9.17) is 4.74 Å².